The number of benzene rings is 2. The van der Waals surface area contributed by atoms with Gasteiger partial charge in [-0.1, -0.05) is 16.8 Å². The molecule has 4 rings (SSSR count). The molecule has 2 aromatic carbocycles. The monoisotopic (exact) mass is 646 g/mol. The lowest BCUT2D eigenvalue weighted by Crippen LogP contribution is -2.37. The van der Waals surface area contributed by atoms with Gasteiger partial charge in [-0.25, -0.2) is 13.5 Å². The van der Waals surface area contributed by atoms with Crippen LogP contribution in [0.3, 0.4) is 0 Å². The summed E-state index contributed by atoms with van der Waals surface area (Å²) < 4.78 is 98.9. The van der Waals surface area contributed by atoms with Crippen molar-refractivity contribution in [2.75, 3.05) is 11.9 Å². The quantitative estimate of drug-likeness (QED) is 0.142. The Balaban J connectivity index is 1.72. The van der Waals surface area contributed by atoms with Crippen LogP contribution in [0.15, 0.2) is 54.9 Å². The molecule has 0 saturated carbocycles. The normalized spacial score (nSPS) is 12.4. The molecule has 0 aliphatic rings. The number of carbonyl (C=O) groups excluding carboxylic acids is 2. The van der Waals surface area contributed by atoms with Gasteiger partial charge in [0.15, 0.2) is 17.7 Å². The van der Waals surface area contributed by atoms with Crippen molar-refractivity contribution in [2.45, 2.75) is 25.1 Å². The van der Waals surface area contributed by atoms with Gasteiger partial charge in [0.2, 0.25) is 11.6 Å². The van der Waals surface area contributed by atoms with Crippen molar-refractivity contribution in [3.8, 4) is 16.8 Å². The molecule has 0 bridgehead atoms. The topological polar surface area (TPSA) is 139 Å². The van der Waals surface area contributed by atoms with Gasteiger partial charge in [0.25, 0.3) is 5.91 Å². The second-order valence-electron chi connectivity index (χ2n) is 8.99. The predicted octanol–water partition coefficient (Wildman–Crippen LogP) is 4.97. The van der Waals surface area contributed by atoms with Crippen LogP contribution in [0.2, 0.25) is 5.02 Å². The second-order valence-corrected chi connectivity index (χ2v) is 9.40. The average molecular weight is 647 g/mol. The number of nitrogens with two attached hydrogens (primary N) is 1. The number of ether oxygens (including phenoxy) is 1. The Morgan fingerprint density at radius 3 is 2.45 bits per heavy atom. The zero-order valence-electron chi connectivity index (χ0n) is 21.8. The van der Waals surface area contributed by atoms with Crippen molar-refractivity contribution >= 4 is 29.1 Å². The number of nitrogens with one attached hydrogen (secondary N) is 1. The molecule has 1 atom stereocenters. The van der Waals surface area contributed by atoms with Crippen LogP contribution < -0.4 is 15.8 Å². The van der Waals surface area contributed by atoms with Gasteiger partial charge < -0.3 is 21.0 Å². The van der Waals surface area contributed by atoms with Crippen LogP contribution in [0.5, 0.6) is 0 Å². The van der Waals surface area contributed by atoms with Crippen LogP contribution in [-0.2, 0) is 15.7 Å². The van der Waals surface area contributed by atoms with Crippen molar-refractivity contribution in [1.82, 2.24) is 15.0 Å². The number of alkyl halides is 5. The standard InChI is InChI=1S/C26H18ClF7N6O4/c27-16-4-6-19(39-11-20(37-38-39)26(32,33)34)21(22(16)29)12-1-5-18(40(43)10-12)15(7-8-44-25(30)31)24(42)36-13-2-3-14(23(35)41)17(28)9-13/h1-6,9-11,15,25H,7-8H2,(H2,35,41)(H,36,42). The molecule has 2 amide bonds. The molecular formula is C26H18ClF7N6O4. The van der Waals surface area contributed by atoms with Crippen molar-refractivity contribution in [3.63, 3.8) is 0 Å². The summed E-state index contributed by atoms with van der Waals surface area (Å²) in [7, 11) is 0. The maximum atomic E-state index is 15.3. The van der Waals surface area contributed by atoms with E-state index in [0.717, 1.165) is 48.7 Å². The minimum atomic E-state index is -4.86. The van der Waals surface area contributed by atoms with E-state index in [1.54, 1.807) is 0 Å². The first-order valence-corrected chi connectivity index (χ1v) is 12.6. The second kappa shape index (κ2) is 12.8. The lowest BCUT2D eigenvalue weighted by Gasteiger charge is -2.18. The molecule has 1 unspecified atom stereocenters. The minimum Gasteiger partial charge on any atom is -0.618 e. The van der Waals surface area contributed by atoms with Crippen LogP contribution in [0.4, 0.5) is 36.4 Å². The van der Waals surface area contributed by atoms with E-state index in [1.807, 2.05) is 0 Å². The van der Waals surface area contributed by atoms with E-state index in [0.29, 0.717) is 10.9 Å². The third-order valence-corrected chi connectivity index (χ3v) is 6.45. The number of hydrogen-bond donors (Lipinski definition) is 2. The predicted molar refractivity (Wildman–Crippen MR) is 139 cm³/mol. The summed E-state index contributed by atoms with van der Waals surface area (Å²) in [6.07, 6.45) is -4.06. The van der Waals surface area contributed by atoms with E-state index in [2.05, 4.69) is 20.4 Å². The van der Waals surface area contributed by atoms with E-state index in [-0.39, 0.29) is 27.4 Å². The number of rotatable bonds is 10. The smallest absolute Gasteiger partial charge is 0.436 e. The van der Waals surface area contributed by atoms with E-state index >= 15 is 4.39 Å². The number of nitrogens with zero attached hydrogens (tertiary/aromatic N) is 4. The highest BCUT2D eigenvalue weighted by atomic mass is 35.5. The summed E-state index contributed by atoms with van der Waals surface area (Å²) in [5.41, 5.74) is 1.77. The molecule has 0 aliphatic heterocycles. The fraction of sp³-hybridized carbons (Fsp3) is 0.192. The van der Waals surface area contributed by atoms with Gasteiger partial charge in [-0.15, -0.1) is 5.10 Å². The Hall–Kier alpha value is -4.77. The number of carbonyl (C=O) groups is 2. The number of anilines is 1. The maximum Gasteiger partial charge on any atom is 0.436 e. The number of hydrogen-bond acceptors (Lipinski definition) is 6. The molecule has 232 valence electrons. The highest BCUT2D eigenvalue weighted by Gasteiger charge is 2.35. The molecule has 0 saturated heterocycles. The van der Waals surface area contributed by atoms with Crippen LogP contribution in [-0.4, -0.2) is 40.0 Å². The Morgan fingerprint density at radius 2 is 1.86 bits per heavy atom. The minimum absolute atomic E-state index is 0.116. The van der Waals surface area contributed by atoms with Gasteiger partial charge in [0, 0.05) is 11.8 Å². The molecule has 0 spiro atoms. The maximum absolute atomic E-state index is 15.3. The van der Waals surface area contributed by atoms with Crippen LogP contribution in [0.1, 0.15) is 34.1 Å². The van der Waals surface area contributed by atoms with Crippen molar-refractivity contribution in [2.24, 2.45) is 5.73 Å². The molecular weight excluding hydrogens is 629 g/mol. The number of halogens is 8. The molecule has 2 aromatic heterocycles. The van der Waals surface area contributed by atoms with Gasteiger partial charge >= 0.3 is 12.8 Å². The Bertz CT molecular complexity index is 1720. The van der Waals surface area contributed by atoms with E-state index in [4.69, 9.17) is 17.3 Å². The summed E-state index contributed by atoms with van der Waals surface area (Å²) in [5, 5.41) is 21.4. The summed E-state index contributed by atoms with van der Waals surface area (Å²) in [5.74, 6) is -5.72. The molecule has 3 N–H and O–H groups in total. The Kier molecular flexibility index (Phi) is 9.39. The molecule has 0 radical (unpaired) electrons. The average Bonchev–Trinajstić information content (AvgIpc) is 3.44. The van der Waals surface area contributed by atoms with Crippen molar-refractivity contribution in [1.29, 1.82) is 0 Å². The third kappa shape index (κ3) is 7.05. The summed E-state index contributed by atoms with van der Waals surface area (Å²) in [6.45, 7) is -3.90. The summed E-state index contributed by atoms with van der Waals surface area (Å²) >= 11 is 5.90. The molecule has 10 nitrogen and oxygen atoms in total. The van der Waals surface area contributed by atoms with Crippen LogP contribution >= 0.6 is 11.6 Å². The van der Waals surface area contributed by atoms with Crippen LogP contribution in [0, 0.1) is 16.8 Å². The molecule has 0 fully saturated rings. The molecule has 18 heteroatoms. The third-order valence-electron chi connectivity index (χ3n) is 6.16. The first kappa shape index (κ1) is 32.2. The van der Waals surface area contributed by atoms with Gasteiger partial charge in [0.05, 0.1) is 40.2 Å². The number of primary amides is 1. The zero-order valence-corrected chi connectivity index (χ0v) is 22.5. The largest absolute Gasteiger partial charge is 0.618 e. The van der Waals surface area contributed by atoms with Crippen LogP contribution in [0.25, 0.3) is 16.8 Å². The fourth-order valence-electron chi connectivity index (χ4n) is 4.14. The first-order valence-electron chi connectivity index (χ1n) is 12.2. The molecule has 2 heterocycles. The van der Waals surface area contributed by atoms with E-state index in [1.165, 1.54) is 0 Å². The number of pyridine rings is 1. The van der Waals surface area contributed by atoms with Gasteiger partial charge in [-0.2, -0.15) is 26.7 Å². The molecule has 0 aliphatic carbocycles. The fourth-order valence-corrected chi connectivity index (χ4v) is 4.30. The SMILES string of the molecule is NC(=O)c1ccc(NC(=O)C(CCOC(F)F)c2ccc(-c3c(-n4cc(C(F)(F)F)nn4)ccc(Cl)c3F)c[n+]2[O-])cc1F. The van der Waals surface area contributed by atoms with Gasteiger partial charge in [-0.3, -0.25) is 9.59 Å². The van der Waals surface area contributed by atoms with Crippen molar-refractivity contribution < 1.29 is 49.8 Å². The lowest BCUT2D eigenvalue weighted by atomic mass is 9.97. The summed E-state index contributed by atoms with van der Waals surface area (Å²) in [6, 6.07) is 7.29. The Labute approximate surface area is 247 Å². The number of amides is 2. The highest BCUT2D eigenvalue weighted by Crippen LogP contribution is 2.35. The number of aromatic nitrogens is 4. The first-order chi connectivity index (χ1) is 20.7. The van der Waals surface area contributed by atoms with E-state index < -0.39 is 77.0 Å². The Morgan fingerprint density at radius 1 is 1.14 bits per heavy atom. The van der Waals surface area contributed by atoms with Gasteiger partial charge in [0.1, 0.15) is 11.7 Å². The van der Waals surface area contributed by atoms with Crippen molar-refractivity contribution in [3.05, 3.63) is 93.7 Å². The van der Waals surface area contributed by atoms with E-state index in [9.17, 15) is 41.1 Å². The molecule has 44 heavy (non-hydrogen) atoms. The molecule has 4 aromatic rings. The summed E-state index contributed by atoms with van der Waals surface area (Å²) in [4.78, 5) is 24.4. The highest BCUT2D eigenvalue weighted by molar-refractivity contribution is 6.31. The lowest BCUT2D eigenvalue weighted by molar-refractivity contribution is -0.614. The van der Waals surface area contributed by atoms with Gasteiger partial charge in [-0.05, 0) is 42.8 Å². The zero-order chi connectivity index (χ0) is 32.3.